The fourth-order valence-electron chi connectivity index (χ4n) is 2.31. The van der Waals surface area contributed by atoms with E-state index in [9.17, 15) is 22.8 Å². The molecule has 0 aromatic carbocycles. The monoisotopic (exact) mass is 292 g/mol. The Morgan fingerprint density at radius 3 is 2.35 bits per heavy atom. The Morgan fingerprint density at radius 2 is 1.80 bits per heavy atom. The molecule has 0 saturated carbocycles. The molecule has 2 heterocycles. The predicted octanol–water partition coefficient (Wildman–Crippen LogP) is 0.566. The third-order valence-corrected chi connectivity index (χ3v) is 3.39. The van der Waals surface area contributed by atoms with Crippen LogP contribution in [0.25, 0.3) is 0 Å². The SMILES string of the molecule is CN1CCC(C(=O)C(F)(F)F)=C(N2CCOCC2)C1=O. The molecule has 0 aromatic heterocycles. The van der Waals surface area contributed by atoms with Gasteiger partial charge in [-0.1, -0.05) is 0 Å². The minimum atomic E-state index is -4.96. The van der Waals surface area contributed by atoms with Crippen LogP contribution in [0.1, 0.15) is 6.42 Å². The third-order valence-electron chi connectivity index (χ3n) is 3.39. The Hall–Kier alpha value is -1.57. The molecular weight excluding hydrogens is 277 g/mol. The lowest BCUT2D eigenvalue weighted by Crippen LogP contribution is -2.47. The summed E-state index contributed by atoms with van der Waals surface area (Å²) in [5.41, 5.74) is -0.549. The lowest BCUT2D eigenvalue weighted by molar-refractivity contribution is -0.167. The molecule has 0 N–H and O–H groups in total. The number of ether oxygens (including phenoxy) is 1. The van der Waals surface area contributed by atoms with Crippen LogP contribution >= 0.6 is 0 Å². The van der Waals surface area contributed by atoms with Gasteiger partial charge in [-0.3, -0.25) is 9.59 Å². The quantitative estimate of drug-likeness (QED) is 0.746. The average Bonchev–Trinajstić information content (AvgIpc) is 2.41. The summed E-state index contributed by atoms with van der Waals surface area (Å²) in [7, 11) is 1.51. The Morgan fingerprint density at radius 1 is 1.20 bits per heavy atom. The summed E-state index contributed by atoms with van der Waals surface area (Å²) in [6.45, 7) is 1.39. The van der Waals surface area contributed by atoms with Crippen molar-refractivity contribution in [3.8, 4) is 0 Å². The lowest BCUT2D eigenvalue weighted by atomic mass is 9.99. The number of likely N-dealkylation sites (N-methyl/N-ethyl adjacent to an activating group) is 1. The minimum Gasteiger partial charge on any atom is -0.378 e. The third kappa shape index (κ3) is 2.79. The van der Waals surface area contributed by atoms with Gasteiger partial charge < -0.3 is 14.5 Å². The first-order valence-corrected chi connectivity index (χ1v) is 6.25. The van der Waals surface area contributed by atoms with Gasteiger partial charge in [-0.25, -0.2) is 0 Å². The molecular formula is C12H15F3N2O3. The number of morpholine rings is 1. The number of halogens is 3. The first-order chi connectivity index (χ1) is 9.32. The summed E-state index contributed by atoms with van der Waals surface area (Å²) in [6.07, 6.45) is -5.03. The van der Waals surface area contributed by atoms with Crippen molar-refractivity contribution in [2.24, 2.45) is 0 Å². The molecule has 8 heteroatoms. The standard InChI is InChI=1S/C12H15F3N2O3/c1-16-3-2-8(10(18)12(13,14)15)9(11(16)19)17-4-6-20-7-5-17/h2-7H2,1H3. The average molecular weight is 292 g/mol. The molecule has 1 fully saturated rings. The molecule has 0 aromatic rings. The molecule has 2 rings (SSSR count). The highest BCUT2D eigenvalue weighted by atomic mass is 19.4. The Balaban J connectivity index is 2.41. The van der Waals surface area contributed by atoms with Crippen molar-refractivity contribution >= 4 is 11.7 Å². The molecule has 20 heavy (non-hydrogen) atoms. The Kier molecular flexibility index (Phi) is 4.03. The van der Waals surface area contributed by atoms with Crippen LogP contribution in [0.5, 0.6) is 0 Å². The van der Waals surface area contributed by atoms with E-state index in [2.05, 4.69) is 0 Å². The van der Waals surface area contributed by atoms with Crippen LogP contribution in [0.2, 0.25) is 0 Å². The van der Waals surface area contributed by atoms with Crippen LogP contribution in [0, 0.1) is 0 Å². The summed E-state index contributed by atoms with van der Waals surface area (Å²) >= 11 is 0. The second-order valence-electron chi connectivity index (χ2n) is 4.73. The zero-order valence-electron chi connectivity index (χ0n) is 11.0. The molecule has 0 bridgehead atoms. The number of ketones is 1. The summed E-state index contributed by atoms with van der Waals surface area (Å²) < 4.78 is 43.1. The van der Waals surface area contributed by atoms with Crippen molar-refractivity contribution in [3.05, 3.63) is 11.3 Å². The van der Waals surface area contributed by atoms with Crippen LogP contribution in [0.4, 0.5) is 13.2 Å². The highest BCUT2D eigenvalue weighted by Crippen LogP contribution is 2.29. The number of carbonyl (C=O) groups excluding carboxylic acids is 2. The molecule has 2 aliphatic heterocycles. The normalized spacial score (nSPS) is 21.5. The van der Waals surface area contributed by atoms with Gasteiger partial charge in [0.15, 0.2) is 0 Å². The summed E-state index contributed by atoms with van der Waals surface area (Å²) in [6, 6.07) is 0. The van der Waals surface area contributed by atoms with E-state index in [0.717, 1.165) is 0 Å². The molecule has 2 aliphatic rings. The number of rotatable bonds is 2. The minimum absolute atomic E-state index is 0.0761. The molecule has 1 amide bonds. The number of carbonyl (C=O) groups is 2. The van der Waals surface area contributed by atoms with Crippen molar-refractivity contribution in [2.45, 2.75) is 12.6 Å². The first kappa shape index (κ1) is 14.8. The van der Waals surface area contributed by atoms with Crippen LogP contribution in [0.15, 0.2) is 11.3 Å². The van der Waals surface area contributed by atoms with Crippen molar-refractivity contribution in [3.63, 3.8) is 0 Å². The summed E-state index contributed by atoms with van der Waals surface area (Å²) in [5.74, 6) is -2.45. The lowest BCUT2D eigenvalue weighted by Gasteiger charge is -2.36. The predicted molar refractivity (Wildman–Crippen MR) is 62.7 cm³/mol. The fourth-order valence-corrected chi connectivity index (χ4v) is 2.31. The van der Waals surface area contributed by atoms with E-state index in [1.807, 2.05) is 0 Å². The zero-order chi connectivity index (χ0) is 14.9. The number of hydrogen-bond donors (Lipinski definition) is 0. The van der Waals surface area contributed by atoms with E-state index in [-0.39, 0.29) is 18.7 Å². The maximum absolute atomic E-state index is 12.6. The van der Waals surface area contributed by atoms with Gasteiger partial charge in [0.2, 0.25) is 0 Å². The number of Topliss-reactive ketones (excluding diaryl/α,β-unsaturated/α-hetero) is 1. The van der Waals surface area contributed by atoms with Gasteiger partial charge in [0.05, 0.1) is 13.2 Å². The molecule has 0 aliphatic carbocycles. The summed E-state index contributed by atoms with van der Waals surface area (Å²) in [4.78, 5) is 26.5. The van der Waals surface area contributed by atoms with Crippen LogP contribution in [-0.2, 0) is 14.3 Å². The molecule has 0 radical (unpaired) electrons. The largest absolute Gasteiger partial charge is 0.454 e. The topological polar surface area (TPSA) is 49.9 Å². The van der Waals surface area contributed by atoms with E-state index in [0.29, 0.717) is 26.3 Å². The molecule has 0 atom stereocenters. The van der Waals surface area contributed by atoms with E-state index in [1.165, 1.54) is 16.8 Å². The second-order valence-corrected chi connectivity index (χ2v) is 4.73. The number of alkyl halides is 3. The van der Waals surface area contributed by atoms with Gasteiger partial charge >= 0.3 is 6.18 Å². The number of amides is 1. The highest BCUT2D eigenvalue weighted by molar-refractivity contribution is 6.08. The van der Waals surface area contributed by atoms with E-state index in [4.69, 9.17) is 4.74 Å². The Bertz CT molecular complexity index is 453. The maximum Gasteiger partial charge on any atom is 0.454 e. The van der Waals surface area contributed by atoms with E-state index < -0.39 is 23.4 Å². The van der Waals surface area contributed by atoms with Gasteiger partial charge in [0.25, 0.3) is 11.7 Å². The van der Waals surface area contributed by atoms with Crippen molar-refractivity contribution in [1.82, 2.24) is 9.80 Å². The number of nitrogens with zero attached hydrogens (tertiary/aromatic N) is 2. The van der Waals surface area contributed by atoms with Crippen LogP contribution in [0.3, 0.4) is 0 Å². The van der Waals surface area contributed by atoms with E-state index >= 15 is 0 Å². The van der Waals surface area contributed by atoms with Crippen molar-refractivity contribution in [2.75, 3.05) is 39.9 Å². The van der Waals surface area contributed by atoms with Crippen molar-refractivity contribution in [1.29, 1.82) is 0 Å². The first-order valence-electron chi connectivity index (χ1n) is 6.25. The highest BCUT2D eigenvalue weighted by Gasteiger charge is 2.45. The van der Waals surface area contributed by atoms with Gasteiger partial charge in [0, 0.05) is 32.3 Å². The van der Waals surface area contributed by atoms with Gasteiger partial charge in [-0.2, -0.15) is 13.2 Å². The zero-order valence-corrected chi connectivity index (χ0v) is 11.0. The summed E-state index contributed by atoms with van der Waals surface area (Å²) in [5, 5.41) is 0. The number of hydrogen-bond acceptors (Lipinski definition) is 4. The molecule has 5 nitrogen and oxygen atoms in total. The molecule has 0 spiro atoms. The molecule has 112 valence electrons. The fraction of sp³-hybridized carbons (Fsp3) is 0.667. The van der Waals surface area contributed by atoms with Crippen LogP contribution in [-0.4, -0.2) is 67.6 Å². The Labute approximate surface area is 114 Å². The molecule has 0 unspecified atom stereocenters. The van der Waals surface area contributed by atoms with Crippen molar-refractivity contribution < 1.29 is 27.5 Å². The van der Waals surface area contributed by atoms with Gasteiger partial charge in [-0.05, 0) is 6.42 Å². The smallest absolute Gasteiger partial charge is 0.378 e. The van der Waals surface area contributed by atoms with E-state index in [1.54, 1.807) is 0 Å². The van der Waals surface area contributed by atoms with Gasteiger partial charge in [-0.15, -0.1) is 0 Å². The maximum atomic E-state index is 12.6. The van der Waals surface area contributed by atoms with Gasteiger partial charge in [0.1, 0.15) is 5.70 Å². The second kappa shape index (κ2) is 5.43. The molecule has 1 saturated heterocycles. The van der Waals surface area contributed by atoms with Crippen LogP contribution < -0.4 is 0 Å².